The molecule has 1 unspecified atom stereocenters. The molecule has 35 heavy (non-hydrogen) atoms. The molecule has 7 heteroatoms. The van der Waals surface area contributed by atoms with Gasteiger partial charge in [-0.15, -0.1) is 0 Å². The zero-order chi connectivity index (χ0) is 25.4. The third-order valence-electron chi connectivity index (χ3n) is 6.20. The van der Waals surface area contributed by atoms with E-state index in [1.165, 1.54) is 4.90 Å². The Hall–Kier alpha value is -4.31. The number of benzene rings is 2. The van der Waals surface area contributed by atoms with Crippen molar-refractivity contribution in [3.05, 3.63) is 87.9 Å². The second-order valence-electron chi connectivity index (χ2n) is 8.84. The standard InChI is InChI=1S/C28H26N2O5/c1-15(2)20-13-21(16(3)12-23(20)34-5)26(31)24-25(22-11-6-17(4)35-22)30(28(33)27(24)32)19-9-7-18(14-29)8-10-19/h6-13,15,25,31H,1-5H3/b26-24+. The Balaban J connectivity index is 1.96. The average Bonchev–Trinajstić information content (AvgIpc) is 3.38. The zero-order valence-electron chi connectivity index (χ0n) is 20.2. The normalized spacial score (nSPS) is 17.2. The maximum atomic E-state index is 13.3. The minimum absolute atomic E-state index is 0.0586. The van der Waals surface area contributed by atoms with Crippen molar-refractivity contribution in [3.63, 3.8) is 0 Å². The summed E-state index contributed by atoms with van der Waals surface area (Å²) in [6.45, 7) is 7.59. The number of furan rings is 1. The predicted molar refractivity (Wildman–Crippen MR) is 131 cm³/mol. The summed E-state index contributed by atoms with van der Waals surface area (Å²) in [6, 6.07) is 14.5. The number of ketones is 1. The van der Waals surface area contributed by atoms with E-state index in [1.54, 1.807) is 56.5 Å². The number of methoxy groups -OCH3 is 1. The number of aliphatic hydroxyl groups excluding tert-OH is 1. The van der Waals surface area contributed by atoms with E-state index in [9.17, 15) is 14.7 Å². The number of aryl methyl sites for hydroxylation is 2. The number of anilines is 1. The van der Waals surface area contributed by atoms with Crippen LogP contribution in [0, 0.1) is 25.2 Å². The van der Waals surface area contributed by atoms with Crippen LogP contribution in [-0.2, 0) is 9.59 Å². The number of carbonyl (C=O) groups excluding carboxylic acids is 2. The smallest absolute Gasteiger partial charge is 0.300 e. The first-order valence-corrected chi connectivity index (χ1v) is 11.2. The average molecular weight is 471 g/mol. The summed E-state index contributed by atoms with van der Waals surface area (Å²) in [6.07, 6.45) is 0. The summed E-state index contributed by atoms with van der Waals surface area (Å²) >= 11 is 0. The lowest BCUT2D eigenvalue weighted by molar-refractivity contribution is -0.132. The second-order valence-corrected chi connectivity index (χ2v) is 8.84. The van der Waals surface area contributed by atoms with Crippen LogP contribution < -0.4 is 9.64 Å². The first-order valence-electron chi connectivity index (χ1n) is 11.2. The van der Waals surface area contributed by atoms with E-state index >= 15 is 0 Å². The SMILES string of the molecule is COc1cc(C)c(/C(O)=C2\C(=O)C(=O)N(c3ccc(C#N)cc3)C2c2ccc(C)o2)cc1C(C)C. The number of nitrogens with zero attached hydrogens (tertiary/aromatic N) is 2. The molecule has 2 heterocycles. The number of hydrogen-bond acceptors (Lipinski definition) is 6. The van der Waals surface area contributed by atoms with Gasteiger partial charge < -0.3 is 14.3 Å². The van der Waals surface area contributed by atoms with Gasteiger partial charge in [-0.1, -0.05) is 13.8 Å². The topological polar surface area (TPSA) is 104 Å². The van der Waals surface area contributed by atoms with Crippen molar-refractivity contribution >= 4 is 23.1 Å². The van der Waals surface area contributed by atoms with Gasteiger partial charge in [0.15, 0.2) is 0 Å². The predicted octanol–water partition coefficient (Wildman–Crippen LogP) is 5.53. The Kier molecular flexibility index (Phi) is 6.23. The van der Waals surface area contributed by atoms with E-state index < -0.39 is 17.7 Å². The fraction of sp³-hybridized carbons (Fsp3) is 0.250. The van der Waals surface area contributed by atoms with Crippen LogP contribution in [0.1, 0.15) is 59.6 Å². The highest BCUT2D eigenvalue weighted by Gasteiger charge is 2.48. The molecule has 1 fully saturated rings. The molecule has 1 N–H and O–H groups in total. The van der Waals surface area contributed by atoms with Gasteiger partial charge in [0.05, 0.1) is 24.3 Å². The third kappa shape index (κ3) is 4.08. The highest BCUT2D eigenvalue weighted by Crippen LogP contribution is 2.44. The molecule has 0 bridgehead atoms. The summed E-state index contributed by atoms with van der Waals surface area (Å²) in [5, 5.41) is 20.6. The number of ether oxygens (including phenoxy) is 1. The molecule has 7 nitrogen and oxygen atoms in total. The Morgan fingerprint density at radius 1 is 1.11 bits per heavy atom. The molecule has 0 radical (unpaired) electrons. The Bertz CT molecular complexity index is 1390. The van der Waals surface area contributed by atoms with E-state index in [1.807, 2.05) is 32.9 Å². The van der Waals surface area contributed by atoms with Crippen molar-refractivity contribution in [2.75, 3.05) is 12.0 Å². The van der Waals surface area contributed by atoms with E-state index in [0.717, 1.165) is 5.56 Å². The molecule has 2 aromatic carbocycles. The molecule has 0 aliphatic carbocycles. The number of Topliss-reactive ketones (excluding diaryl/α,β-unsaturated/α-hetero) is 1. The van der Waals surface area contributed by atoms with Crippen LogP contribution in [0.3, 0.4) is 0 Å². The number of rotatable bonds is 5. The van der Waals surface area contributed by atoms with Crippen molar-refractivity contribution < 1.29 is 23.8 Å². The largest absolute Gasteiger partial charge is 0.507 e. The number of nitriles is 1. The highest BCUT2D eigenvalue weighted by atomic mass is 16.5. The van der Waals surface area contributed by atoms with Crippen molar-refractivity contribution in [1.82, 2.24) is 0 Å². The highest BCUT2D eigenvalue weighted by molar-refractivity contribution is 6.51. The zero-order valence-corrected chi connectivity index (χ0v) is 20.2. The van der Waals surface area contributed by atoms with Gasteiger partial charge in [-0.05, 0) is 79.4 Å². The lowest BCUT2D eigenvalue weighted by Gasteiger charge is -2.24. The molecule has 0 spiro atoms. The van der Waals surface area contributed by atoms with Crippen molar-refractivity contribution in [3.8, 4) is 11.8 Å². The van der Waals surface area contributed by atoms with Gasteiger partial charge in [-0.3, -0.25) is 14.5 Å². The summed E-state index contributed by atoms with van der Waals surface area (Å²) in [4.78, 5) is 27.9. The van der Waals surface area contributed by atoms with Gasteiger partial charge in [0.1, 0.15) is 29.1 Å². The summed E-state index contributed by atoms with van der Waals surface area (Å²) in [5.74, 6) is -0.138. The fourth-order valence-corrected chi connectivity index (χ4v) is 4.39. The van der Waals surface area contributed by atoms with Gasteiger partial charge in [0, 0.05) is 11.3 Å². The number of amides is 1. The maximum Gasteiger partial charge on any atom is 0.300 e. The molecule has 1 aliphatic rings. The monoisotopic (exact) mass is 470 g/mol. The third-order valence-corrected chi connectivity index (χ3v) is 6.20. The molecule has 1 amide bonds. The first kappa shape index (κ1) is 23.8. The van der Waals surface area contributed by atoms with Gasteiger partial charge in [-0.25, -0.2) is 0 Å². The van der Waals surface area contributed by atoms with Gasteiger partial charge >= 0.3 is 0 Å². The van der Waals surface area contributed by atoms with E-state index in [0.29, 0.717) is 39.6 Å². The van der Waals surface area contributed by atoms with Crippen LogP contribution in [0.15, 0.2) is 58.5 Å². The summed E-state index contributed by atoms with van der Waals surface area (Å²) < 4.78 is 11.3. The van der Waals surface area contributed by atoms with Crippen LogP contribution in [0.25, 0.3) is 5.76 Å². The first-order chi connectivity index (χ1) is 16.7. The van der Waals surface area contributed by atoms with E-state index in [2.05, 4.69) is 0 Å². The lowest BCUT2D eigenvalue weighted by atomic mass is 9.92. The fourth-order valence-electron chi connectivity index (χ4n) is 4.39. The van der Waals surface area contributed by atoms with Crippen LogP contribution in [-0.4, -0.2) is 23.9 Å². The Morgan fingerprint density at radius 3 is 2.34 bits per heavy atom. The lowest BCUT2D eigenvalue weighted by Crippen LogP contribution is -2.29. The Labute approximate surface area is 203 Å². The molecule has 1 aliphatic heterocycles. The molecule has 4 rings (SSSR count). The van der Waals surface area contributed by atoms with Crippen LogP contribution in [0.4, 0.5) is 5.69 Å². The van der Waals surface area contributed by atoms with E-state index in [-0.39, 0.29) is 17.3 Å². The quantitative estimate of drug-likeness (QED) is 0.299. The summed E-state index contributed by atoms with van der Waals surface area (Å²) in [5.41, 5.74) is 2.79. The van der Waals surface area contributed by atoms with Crippen LogP contribution >= 0.6 is 0 Å². The van der Waals surface area contributed by atoms with Gasteiger partial charge in [0.2, 0.25) is 0 Å². The molecular weight excluding hydrogens is 444 g/mol. The minimum atomic E-state index is -0.972. The van der Waals surface area contributed by atoms with Gasteiger partial charge in [0.25, 0.3) is 11.7 Å². The van der Waals surface area contributed by atoms with Crippen LogP contribution in [0.2, 0.25) is 0 Å². The van der Waals surface area contributed by atoms with Crippen molar-refractivity contribution in [2.24, 2.45) is 0 Å². The van der Waals surface area contributed by atoms with Crippen molar-refractivity contribution in [2.45, 2.75) is 39.7 Å². The molecule has 0 saturated carbocycles. The molecule has 1 saturated heterocycles. The summed E-state index contributed by atoms with van der Waals surface area (Å²) in [7, 11) is 1.59. The maximum absolute atomic E-state index is 13.3. The van der Waals surface area contributed by atoms with Crippen LogP contribution in [0.5, 0.6) is 5.75 Å². The number of aliphatic hydroxyl groups is 1. The van der Waals surface area contributed by atoms with Gasteiger partial charge in [-0.2, -0.15) is 5.26 Å². The second kappa shape index (κ2) is 9.15. The number of hydrogen-bond donors (Lipinski definition) is 1. The molecule has 1 aromatic heterocycles. The van der Waals surface area contributed by atoms with Crippen molar-refractivity contribution in [1.29, 1.82) is 5.26 Å². The molecular formula is C28H26N2O5. The van der Waals surface area contributed by atoms with E-state index in [4.69, 9.17) is 14.4 Å². The molecule has 178 valence electrons. The minimum Gasteiger partial charge on any atom is -0.507 e. The molecule has 1 atom stereocenters. The molecule has 3 aromatic rings. The number of carbonyl (C=O) groups is 2. The Morgan fingerprint density at radius 2 is 1.80 bits per heavy atom.